The Morgan fingerprint density at radius 3 is 2.63 bits per heavy atom. The van der Waals surface area contributed by atoms with Crippen LogP contribution in [0.15, 0.2) is 23.5 Å². The molecule has 206 valence electrons. The molecule has 3 unspecified atom stereocenters. The standard InChI is InChI=1S/C29H36O9/c1-14(9-16-10-15(2)24(33)35-16)21-22-25(21,3)7-8-27-12-28-18(6-5-17(27)23(32)29(22,34)38-27)26(4,13-30)36-19(28)11-20(31)37-28/h9-10,14,17-19,21-22,30,34H,5-8,11-13H2,1-4H3/b16-9+/t14-,17+,18+,19-,21?,22?,25?,26+,27+,28-,29+/m1/s1. The van der Waals surface area contributed by atoms with Gasteiger partial charge in [0, 0.05) is 23.8 Å². The molecule has 9 nitrogen and oxygen atoms in total. The van der Waals surface area contributed by atoms with Crippen LogP contribution in [0.2, 0.25) is 0 Å². The minimum absolute atomic E-state index is 0.0212. The number of hydrogen-bond acceptors (Lipinski definition) is 9. The van der Waals surface area contributed by atoms with E-state index in [1.807, 2.05) is 19.9 Å². The van der Waals surface area contributed by atoms with Crippen molar-refractivity contribution in [2.45, 2.75) is 94.9 Å². The highest BCUT2D eigenvalue weighted by Crippen LogP contribution is 2.75. The first-order valence-electron chi connectivity index (χ1n) is 13.9. The molecular formula is C29H36O9. The van der Waals surface area contributed by atoms with Crippen molar-refractivity contribution in [2.24, 2.45) is 35.0 Å². The topological polar surface area (TPSA) is 129 Å². The third kappa shape index (κ3) is 2.89. The number of fused-ring (bicyclic) bond motifs is 3. The average molecular weight is 529 g/mol. The molecule has 7 aliphatic rings. The zero-order valence-corrected chi connectivity index (χ0v) is 22.3. The number of aliphatic hydroxyl groups excluding tert-OH is 1. The molecule has 11 atom stereocenters. The molecule has 9 heteroatoms. The number of aliphatic hydroxyl groups is 2. The monoisotopic (exact) mass is 528 g/mol. The molecule has 38 heavy (non-hydrogen) atoms. The first-order chi connectivity index (χ1) is 17.8. The Kier molecular flexibility index (Phi) is 4.83. The Hall–Kier alpha value is -2.07. The van der Waals surface area contributed by atoms with Gasteiger partial charge in [0.15, 0.2) is 5.78 Å². The molecule has 2 N–H and O–H groups in total. The molecule has 5 heterocycles. The van der Waals surface area contributed by atoms with Crippen LogP contribution in [0.4, 0.5) is 0 Å². The van der Waals surface area contributed by atoms with Gasteiger partial charge in [-0.3, -0.25) is 9.59 Å². The Morgan fingerprint density at radius 1 is 1.18 bits per heavy atom. The van der Waals surface area contributed by atoms with E-state index in [1.54, 1.807) is 13.0 Å². The van der Waals surface area contributed by atoms with Crippen LogP contribution in [-0.4, -0.2) is 63.2 Å². The summed E-state index contributed by atoms with van der Waals surface area (Å²) in [6, 6.07) is 0. The van der Waals surface area contributed by atoms with Crippen LogP contribution < -0.4 is 0 Å². The normalized spacial score (nSPS) is 54.3. The molecule has 2 saturated carbocycles. The SMILES string of the molecule is CC1=C/C(=C\[C@@H](C)C2C3C2(C)CC[C@]24C[C@]56OC(=O)C[C@H]5O[C@@](C)(CO)[C@@H]6CC[C@H]2C(=O)[C@@]3(O)O4)OC1=O. The van der Waals surface area contributed by atoms with Crippen molar-refractivity contribution in [3.05, 3.63) is 23.5 Å². The fraction of sp³-hybridized carbons (Fsp3) is 0.759. The number of carbonyl (C=O) groups is 3. The van der Waals surface area contributed by atoms with Gasteiger partial charge in [-0.05, 0) is 68.9 Å². The van der Waals surface area contributed by atoms with Gasteiger partial charge in [-0.1, -0.05) is 13.8 Å². The zero-order valence-electron chi connectivity index (χ0n) is 22.3. The summed E-state index contributed by atoms with van der Waals surface area (Å²) in [5.74, 6) is -3.63. The highest BCUT2D eigenvalue weighted by Gasteiger charge is 2.82. The van der Waals surface area contributed by atoms with Crippen molar-refractivity contribution in [2.75, 3.05) is 6.61 Å². The molecule has 7 rings (SSSR count). The maximum absolute atomic E-state index is 14.1. The lowest BCUT2D eigenvalue weighted by Crippen LogP contribution is -2.52. The van der Waals surface area contributed by atoms with E-state index in [0.29, 0.717) is 30.6 Å². The number of hydrogen-bond donors (Lipinski definition) is 2. The minimum atomic E-state index is -1.92. The van der Waals surface area contributed by atoms with E-state index >= 15 is 0 Å². The van der Waals surface area contributed by atoms with Gasteiger partial charge >= 0.3 is 11.9 Å². The van der Waals surface area contributed by atoms with Crippen LogP contribution in [0.25, 0.3) is 0 Å². The highest BCUT2D eigenvalue weighted by molar-refractivity contribution is 5.93. The molecular weight excluding hydrogens is 492 g/mol. The van der Waals surface area contributed by atoms with Gasteiger partial charge in [0.05, 0.1) is 30.1 Å². The summed E-state index contributed by atoms with van der Waals surface area (Å²) >= 11 is 0. The molecule has 0 aromatic carbocycles. The fourth-order valence-corrected chi connectivity index (χ4v) is 9.71. The van der Waals surface area contributed by atoms with E-state index < -0.39 is 34.6 Å². The average Bonchev–Trinajstić information content (AvgIpc) is 3.06. The third-order valence-corrected chi connectivity index (χ3v) is 11.4. The fourth-order valence-electron chi connectivity index (χ4n) is 9.71. The van der Waals surface area contributed by atoms with Crippen molar-refractivity contribution < 1.29 is 43.5 Å². The summed E-state index contributed by atoms with van der Waals surface area (Å²) in [7, 11) is 0. The first kappa shape index (κ1) is 24.9. The van der Waals surface area contributed by atoms with Crippen LogP contribution >= 0.6 is 0 Å². The molecule has 0 aromatic heterocycles. The van der Waals surface area contributed by atoms with Crippen LogP contribution in [0.3, 0.4) is 0 Å². The maximum atomic E-state index is 14.1. The second kappa shape index (κ2) is 7.36. The van der Waals surface area contributed by atoms with Gasteiger partial charge in [-0.25, -0.2) is 4.79 Å². The van der Waals surface area contributed by atoms with Gasteiger partial charge in [0.1, 0.15) is 17.5 Å². The Balaban J connectivity index is 1.23. The molecule has 4 saturated heterocycles. The van der Waals surface area contributed by atoms with Crippen molar-refractivity contribution >= 4 is 17.7 Å². The summed E-state index contributed by atoms with van der Waals surface area (Å²) in [6.07, 6.45) is 5.81. The molecule has 0 aromatic rings. The third-order valence-electron chi connectivity index (χ3n) is 11.4. The van der Waals surface area contributed by atoms with Crippen LogP contribution in [0.5, 0.6) is 0 Å². The molecule has 0 amide bonds. The van der Waals surface area contributed by atoms with E-state index in [0.717, 1.165) is 6.42 Å². The molecule has 2 bridgehead atoms. The summed E-state index contributed by atoms with van der Waals surface area (Å²) < 4.78 is 24.3. The lowest BCUT2D eigenvalue weighted by molar-refractivity contribution is -0.243. The van der Waals surface area contributed by atoms with E-state index in [1.165, 1.54) is 0 Å². The van der Waals surface area contributed by atoms with Crippen LogP contribution in [0, 0.1) is 35.0 Å². The Bertz CT molecular complexity index is 1220. The van der Waals surface area contributed by atoms with E-state index in [9.17, 15) is 24.6 Å². The molecule has 5 aliphatic heterocycles. The number of allylic oxidation sites excluding steroid dienone is 2. The van der Waals surface area contributed by atoms with Gasteiger partial charge < -0.3 is 29.2 Å². The summed E-state index contributed by atoms with van der Waals surface area (Å²) in [6.45, 7) is 7.50. The minimum Gasteiger partial charge on any atom is -0.456 e. The van der Waals surface area contributed by atoms with Gasteiger partial charge in [0.25, 0.3) is 0 Å². The lowest BCUT2D eigenvalue weighted by atomic mass is 9.69. The van der Waals surface area contributed by atoms with Gasteiger partial charge in [0.2, 0.25) is 5.79 Å². The second-order valence-corrected chi connectivity index (χ2v) is 13.5. The van der Waals surface area contributed by atoms with E-state index in [4.69, 9.17) is 18.9 Å². The van der Waals surface area contributed by atoms with Crippen LogP contribution in [-0.2, 0) is 33.3 Å². The van der Waals surface area contributed by atoms with E-state index in [-0.39, 0.29) is 66.3 Å². The number of ether oxygens (including phenoxy) is 4. The molecule has 0 radical (unpaired) electrons. The number of esters is 2. The van der Waals surface area contributed by atoms with Gasteiger partial charge in [-0.2, -0.15) is 0 Å². The predicted octanol–water partition coefficient (Wildman–Crippen LogP) is 2.33. The van der Waals surface area contributed by atoms with Crippen LogP contribution in [0.1, 0.15) is 66.2 Å². The number of Topliss-reactive ketones (excluding diaryl/α,β-unsaturated/α-hetero) is 1. The molecule has 2 spiro atoms. The smallest absolute Gasteiger partial charge is 0.339 e. The van der Waals surface area contributed by atoms with Crippen molar-refractivity contribution in [3.8, 4) is 0 Å². The number of ketones is 1. The first-order valence-corrected chi connectivity index (χ1v) is 13.9. The number of rotatable bonds is 3. The van der Waals surface area contributed by atoms with Crippen molar-refractivity contribution in [1.82, 2.24) is 0 Å². The zero-order chi connectivity index (χ0) is 27.0. The van der Waals surface area contributed by atoms with Gasteiger partial charge in [-0.15, -0.1) is 0 Å². The summed E-state index contributed by atoms with van der Waals surface area (Å²) in [5, 5.41) is 22.3. The number of carbonyl (C=O) groups excluding carboxylic acids is 3. The largest absolute Gasteiger partial charge is 0.456 e. The second-order valence-electron chi connectivity index (χ2n) is 13.5. The number of cyclic esters (lactones) is 1. The van der Waals surface area contributed by atoms with Crippen molar-refractivity contribution in [3.63, 3.8) is 0 Å². The molecule has 2 aliphatic carbocycles. The summed E-state index contributed by atoms with van der Waals surface area (Å²) in [5.41, 5.74) is -2.61. The quantitative estimate of drug-likeness (QED) is 0.530. The predicted molar refractivity (Wildman–Crippen MR) is 130 cm³/mol. The molecule has 6 fully saturated rings. The maximum Gasteiger partial charge on any atom is 0.339 e. The Labute approximate surface area is 221 Å². The van der Waals surface area contributed by atoms with E-state index in [2.05, 4.69) is 6.92 Å². The van der Waals surface area contributed by atoms with Crippen molar-refractivity contribution in [1.29, 1.82) is 0 Å². The summed E-state index contributed by atoms with van der Waals surface area (Å²) in [4.78, 5) is 38.4. The highest BCUT2D eigenvalue weighted by atomic mass is 16.7. The lowest BCUT2D eigenvalue weighted by Gasteiger charge is -2.41. The Morgan fingerprint density at radius 2 is 1.95 bits per heavy atom.